The first-order valence-electron chi connectivity index (χ1n) is 8.09. The summed E-state index contributed by atoms with van der Waals surface area (Å²) >= 11 is 3.40. The summed E-state index contributed by atoms with van der Waals surface area (Å²) in [5, 5.41) is 24.6. The van der Waals surface area contributed by atoms with Gasteiger partial charge in [0.05, 0.1) is 32.7 Å². The van der Waals surface area contributed by atoms with Crippen molar-refractivity contribution < 1.29 is 19.8 Å². The number of rotatable bonds is 6. The maximum atomic E-state index is 11.4. The van der Waals surface area contributed by atoms with Crippen molar-refractivity contribution in [2.75, 3.05) is 10.6 Å². The highest BCUT2D eigenvalue weighted by molar-refractivity contribution is 9.10. The van der Waals surface area contributed by atoms with Crippen molar-refractivity contribution >= 4 is 51.0 Å². The molecule has 0 atom stereocenters. The molecule has 0 bridgehead atoms. The van der Waals surface area contributed by atoms with E-state index in [2.05, 4.69) is 36.5 Å². The minimum Gasteiger partial charge on any atom is -0.478 e. The third kappa shape index (κ3) is 4.09. The van der Waals surface area contributed by atoms with Crippen LogP contribution >= 0.6 is 15.9 Å². The Morgan fingerprint density at radius 3 is 1.89 bits per heavy atom. The Kier molecular flexibility index (Phi) is 5.55. The Labute approximate surface area is 168 Å². The molecule has 8 nitrogen and oxygen atoms in total. The lowest BCUT2D eigenvalue weighted by Crippen LogP contribution is -2.08. The van der Waals surface area contributed by atoms with Crippen LogP contribution in [0.2, 0.25) is 0 Å². The van der Waals surface area contributed by atoms with Gasteiger partial charge >= 0.3 is 11.9 Å². The summed E-state index contributed by atoms with van der Waals surface area (Å²) in [6.45, 7) is 1.74. The molecule has 0 unspecified atom stereocenters. The van der Waals surface area contributed by atoms with Gasteiger partial charge in [0.25, 0.3) is 0 Å². The number of aromatic nitrogens is 2. The molecule has 0 saturated heterocycles. The van der Waals surface area contributed by atoms with Gasteiger partial charge in [0, 0.05) is 0 Å². The van der Waals surface area contributed by atoms with Crippen molar-refractivity contribution in [3.8, 4) is 0 Å². The van der Waals surface area contributed by atoms with E-state index in [9.17, 15) is 19.8 Å². The van der Waals surface area contributed by atoms with Crippen molar-refractivity contribution in [2.24, 2.45) is 0 Å². The van der Waals surface area contributed by atoms with E-state index >= 15 is 0 Å². The second kappa shape index (κ2) is 8.05. The summed E-state index contributed by atoms with van der Waals surface area (Å²) in [6, 6.07) is 12.8. The van der Waals surface area contributed by atoms with Crippen LogP contribution in [-0.2, 0) is 0 Å². The molecule has 0 aliphatic rings. The maximum Gasteiger partial charge on any atom is 0.337 e. The number of benzene rings is 2. The topological polar surface area (TPSA) is 124 Å². The van der Waals surface area contributed by atoms with E-state index in [1.807, 2.05) is 0 Å². The quantitative estimate of drug-likeness (QED) is 0.441. The van der Waals surface area contributed by atoms with Crippen LogP contribution in [0, 0.1) is 6.92 Å². The zero-order valence-electron chi connectivity index (χ0n) is 14.6. The van der Waals surface area contributed by atoms with Crippen molar-refractivity contribution in [1.29, 1.82) is 0 Å². The molecule has 2 aromatic carbocycles. The summed E-state index contributed by atoms with van der Waals surface area (Å²) in [6.07, 6.45) is 0. The molecule has 0 radical (unpaired) electrons. The minimum absolute atomic E-state index is 0.0809. The molecule has 1 aromatic heterocycles. The average Bonchev–Trinajstić information content (AvgIpc) is 2.66. The molecule has 0 fully saturated rings. The van der Waals surface area contributed by atoms with E-state index in [0.29, 0.717) is 27.4 Å². The Morgan fingerprint density at radius 2 is 1.36 bits per heavy atom. The molecular formula is C19H15BrN4O4. The van der Waals surface area contributed by atoms with Gasteiger partial charge in [0.1, 0.15) is 0 Å². The second-order valence-corrected chi connectivity index (χ2v) is 6.54. The Balaban J connectivity index is 1.99. The number of hydrogen-bond donors (Lipinski definition) is 4. The Hall–Kier alpha value is -3.46. The van der Waals surface area contributed by atoms with Crippen LogP contribution in [0.15, 0.2) is 53.0 Å². The normalized spacial score (nSPS) is 10.4. The van der Waals surface area contributed by atoms with E-state index < -0.39 is 11.9 Å². The average molecular weight is 443 g/mol. The molecule has 3 aromatic rings. The van der Waals surface area contributed by atoms with Gasteiger partial charge in [-0.1, -0.05) is 24.3 Å². The van der Waals surface area contributed by atoms with E-state index in [1.165, 1.54) is 12.1 Å². The van der Waals surface area contributed by atoms with Gasteiger partial charge in [-0.05, 0) is 47.1 Å². The van der Waals surface area contributed by atoms with Crippen LogP contribution in [0.3, 0.4) is 0 Å². The first-order valence-corrected chi connectivity index (χ1v) is 8.89. The van der Waals surface area contributed by atoms with E-state index in [1.54, 1.807) is 43.3 Å². The number of aromatic carboxylic acids is 2. The van der Waals surface area contributed by atoms with E-state index in [0.717, 1.165) is 0 Å². The van der Waals surface area contributed by atoms with Crippen molar-refractivity contribution in [2.45, 2.75) is 6.92 Å². The third-order valence-electron chi connectivity index (χ3n) is 3.83. The van der Waals surface area contributed by atoms with Crippen LogP contribution in [-0.4, -0.2) is 32.1 Å². The molecule has 0 aliphatic carbocycles. The highest BCUT2D eigenvalue weighted by atomic mass is 79.9. The summed E-state index contributed by atoms with van der Waals surface area (Å²) in [5.41, 5.74) is 1.47. The number of anilines is 4. The molecule has 142 valence electrons. The number of carboxylic acids is 2. The van der Waals surface area contributed by atoms with Gasteiger partial charge in [0.2, 0.25) is 5.95 Å². The standard InChI is InChI=1S/C19H15BrN4O4/c1-10-15(20)16(22-13-8-4-2-6-11(13)17(25)26)24-19(21-10)23-14-9-5-3-7-12(14)18(27)28/h2-9H,1H3,(H,25,26)(H,27,28)(H2,21,22,23,24). The lowest BCUT2D eigenvalue weighted by Gasteiger charge is -2.14. The molecule has 0 amide bonds. The number of hydrogen-bond acceptors (Lipinski definition) is 6. The van der Waals surface area contributed by atoms with Crippen LogP contribution in [0.4, 0.5) is 23.1 Å². The molecule has 3 rings (SSSR count). The van der Waals surface area contributed by atoms with E-state index in [4.69, 9.17) is 0 Å². The fraction of sp³-hybridized carbons (Fsp3) is 0.0526. The first kappa shape index (κ1) is 19.3. The maximum absolute atomic E-state index is 11.4. The number of nitrogens with one attached hydrogen (secondary N) is 2. The number of halogens is 1. The number of carboxylic acid groups (broad SMARTS) is 2. The summed E-state index contributed by atoms with van der Waals surface area (Å²) in [7, 11) is 0. The molecule has 1 heterocycles. The van der Waals surface area contributed by atoms with Crippen LogP contribution in [0.5, 0.6) is 0 Å². The fourth-order valence-corrected chi connectivity index (χ4v) is 2.78. The van der Waals surface area contributed by atoms with Crippen LogP contribution in [0.1, 0.15) is 26.4 Å². The molecule has 0 saturated carbocycles. The zero-order valence-corrected chi connectivity index (χ0v) is 16.2. The molecular weight excluding hydrogens is 428 g/mol. The van der Waals surface area contributed by atoms with Gasteiger partial charge < -0.3 is 20.8 Å². The Bertz CT molecular complexity index is 1070. The molecule has 0 spiro atoms. The van der Waals surface area contributed by atoms with Gasteiger partial charge in [-0.3, -0.25) is 0 Å². The first-order chi connectivity index (χ1) is 13.4. The van der Waals surface area contributed by atoms with Gasteiger partial charge in [-0.2, -0.15) is 4.98 Å². The fourth-order valence-electron chi connectivity index (χ4n) is 2.50. The zero-order chi connectivity index (χ0) is 20.3. The number of aryl methyl sites for hydroxylation is 1. The number of carbonyl (C=O) groups is 2. The van der Waals surface area contributed by atoms with Crippen LogP contribution in [0.25, 0.3) is 0 Å². The summed E-state index contributed by atoms with van der Waals surface area (Å²) in [5.74, 6) is -1.63. The predicted molar refractivity (Wildman–Crippen MR) is 108 cm³/mol. The lowest BCUT2D eigenvalue weighted by atomic mass is 10.2. The molecule has 4 N–H and O–H groups in total. The molecule has 9 heteroatoms. The molecule has 0 aliphatic heterocycles. The monoisotopic (exact) mass is 442 g/mol. The summed E-state index contributed by atoms with van der Waals surface area (Å²) < 4.78 is 0.560. The van der Waals surface area contributed by atoms with Crippen molar-refractivity contribution in [3.05, 3.63) is 69.8 Å². The van der Waals surface area contributed by atoms with E-state index in [-0.39, 0.29) is 17.1 Å². The lowest BCUT2D eigenvalue weighted by molar-refractivity contribution is 0.0687. The van der Waals surface area contributed by atoms with Gasteiger partial charge in [-0.25, -0.2) is 14.6 Å². The van der Waals surface area contributed by atoms with Crippen LogP contribution < -0.4 is 10.6 Å². The largest absolute Gasteiger partial charge is 0.478 e. The van der Waals surface area contributed by atoms with Crippen molar-refractivity contribution in [3.63, 3.8) is 0 Å². The predicted octanol–water partition coefficient (Wildman–Crippen LogP) is 4.43. The smallest absolute Gasteiger partial charge is 0.337 e. The highest BCUT2D eigenvalue weighted by Gasteiger charge is 2.16. The third-order valence-corrected chi connectivity index (χ3v) is 4.78. The van der Waals surface area contributed by atoms with Gasteiger partial charge in [-0.15, -0.1) is 0 Å². The van der Waals surface area contributed by atoms with Gasteiger partial charge in [0.15, 0.2) is 5.82 Å². The number of para-hydroxylation sites is 2. The number of nitrogens with zero attached hydrogens (tertiary/aromatic N) is 2. The second-order valence-electron chi connectivity index (χ2n) is 5.75. The Morgan fingerprint density at radius 1 is 0.857 bits per heavy atom. The SMILES string of the molecule is Cc1nc(Nc2ccccc2C(=O)O)nc(Nc2ccccc2C(=O)O)c1Br. The van der Waals surface area contributed by atoms with Crippen molar-refractivity contribution in [1.82, 2.24) is 9.97 Å². The summed E-state index contributed by atoms with van der Waals surface area (Å²) in [4.78, 5) is 31.5. The molecule has 28 heavy (non-hydrogen) atoms. The minimum atomic E-state index is -1.08. The highest BCUT2D eigenvalue weighted by Crippen LogP contribution is 2.30.